The molecule has 0 heterocycles. The maximum absolute atomic E-state index is 12.3. The molecule has 0 N–H and O–H groups in total. The number of nitrogens with zero attached hydrogens (tertiary/aromatic N) is 1. The van der Waals surface area contributed by atoms with Crippen molar-refractivity contribution in [2.75, 3.05) is 26.6 Å². The van der Waals surface area contributed by atoms with E-state index in [1.54, 1.807) is 18.9 Å². The fourth-order valence-electron chi connectivity index (χ4n) is 7.99. The summed E-state index contributed by atoms with van der Waals surface area (Å²) >= 11 is 1.09. The van der Waals surface area contributed by atoms with Crippen molar-refractivity contribution in [2.45, 2.75) is 70.3 Å². The maximum Gasteiger partial charge on any atom is 0.393 e. The van der Waals surface area contributed by atoms with E-state index in [2.05, 4.69) is 24.2 Å². The number of carbonyl (C=O) groups is 2. The summed E-state index contributed by atoms with van der Waals surface area (Å²) in [6.07, 6.45) is 10.2. The van der Waals surface area contributed by atoms with Gasteiger partial charge < -0.3 is 14.3 Å². The van der Waals surface area contributed by atoms with Crippen LogP contribution < -0.4 is 0 Å². The second kappa shape index (κ2) is 11.1. The molecule has 0 spiro atoms. The Morgan fingerprint density at radius 3 is 2.66 bits per heavy atom. The fraction of sp³-hybridized carbons (Fsp3) is 0.581. The third-order valence-electron chi connectivity index (χ3n) is 9.72. The van der Waals surface area contributed by atoms with E-state index in [0.717, 1.165) is 55.9 Å². The smallest absolute Gasteiger partial charge is 0.382 e. The molecule has 0 aliphatic heterocycles. The number of fused-ring (bicyclic) bond motifs is 4. The molecule has 1 aromatic rings. The van der Waals surface area contributed by atoms with E-state index >= 15 is 0 Å². The van der Waals surface area contributed by atoms with Gasteiger partial charge in [-0.25, -0.2) is 4.79 Å². The molecule has 6 nitrogen and oxygen atoms in total. The predicted octanol–water partition coefficient (Wildman–Crippen LogP) is 6.84. The monoisotopic (exact) mass is 537 g/mol. The lowest BCUT2D eigenvalue weighted by molar-refractivity contribution is -0.149. The van der Waals surface area contributed by atoms with Crippen LogP contribution in [0.3, 0.4) is 0 Å². The van der Waals surface area contributed by atoms with Gasteiger partial charge in [0.25, 0.3) is 0 Å². The van der Waals surface area contributed by atoms with Crippen LogP contribution in [-0.4, -0.2) is 49.5 Å². The van der Waals surface area contributed by atoms with Gasteiger partial charge in [0.1, 0.15) is 0 Å². The van der Waals surface area contributed by atoms with E-state index in [1.165, 1.54) is 16.7 Å². The molecular weight excluding hydrogens is 498 g/mol. The normalized spacial score (nSPS) is 32.6. The highest BCUT2D eigenvalue weighted by Crippen LogP contribution is 2.67. The zero-order valence-corrected chi connectivity index (χ0v) is 23.8. The number of benzene rings is 1. The summed E-state index contributed by atoms with van der Waals surface area (Å²) in [4.78, 5) is 28.8. The van der Waals surface area contributed by atoms with Crippen molar-refractivity contribution in [3.63, 3.8) is 0 Å². The van der Waals surface area contributed by atoms with Crippen LogP contribution in [-0.2, 0) is 19.1 Å². The predicted molar refractivity (Wildman–Crippen MR) is 151 cm³/mol. The number of methoxy groups -OCH3 is 2. The summed E-state index contributed by atoms with van der Waals surface area (Å²) in [5.74, 6) is 2.20. The van der Waals surface area contributed by atoms with Crippen molar-refractivity contribution in [3.8, 4) is 0 Å². The van der Waals surface area contributed by atoms with E-state index < -0.39 is 5.30 Å². The summed E-state index contributed by atoms with van der Waals surface area (Å²) in [5, 5.41) is 3.46. The van der Waals surface area contributed by atoms with Gasteiger partial charge >= 0.3 is 5.30 Å². The topological polar surface area (TPSA) is 74.2 Å². The summed E-state index contributed by atoms with van der Waals surface area (Å²) < 4.78 is 12.1. The first-order valence-corrected chi connectivity index (χ1v) is 14.8. The number of hydrogen-bond donors (Lipinski definition) is 0. The van der Waals surface area contributed by atoms with Gasteiger partial charge in [-0.3, -0.25) is 4.79 Å². The third-order valence-corrected chi connectivity index (χ3v) is 10.3. The lowest BCUT2D eigenvalue weighted by atomic mass is 9.51. The molecule has 5 atom stereocenters. The quantitative estimate of drug-likeness (QED) is 0.215. The van der Waals surface area contributed by atoms with E-state index in [-0.39, 0.29) is 22.7 Å². The van der Waals surface area contributed by atoms with Gasteiger partial charge in [-0.05, 0) is 90.5 Å². The summed E-state index contributed by atoms with van der Waals surface area (Å²) in [6.45, 7) is 4.93. The van der Waals surface area contributed by atoms with Crippen LogP contribution in [0.1, 0.15) is 75.8 Å². The second-order valence-electron chi connectivity index (χ2n) is 11.3. The maximum atomic E-state index is 12.3. The van der Waals surface area contributed by atoms with Crippen molar-refractivity contribution in [1.82, 2.24) is 0 Å². The van der Waals surface area contributed by atoms with Gasteiger partial charge in [-0.15, -0.1) is 0 Å². The average Bonchev–Trinajstić information content (AvgIpc) is 3.20. The van der Waals surface area contributed by atoms with E-state index in [4.69, 9.17) is 14.3 Å². The largest absolute Gasteiger partial charge is 0.393 e. The van der Waals surface area contributed by atoms with Gasteiger partial charge in [0, 0.05) is 37.7 Å². The molecule has 0 saturated heterocycles. The van der Waals surface area contributed by atoms with E-state index in [0.29, 0.717) is 30.6 Å². The molecule has 2 fully saturated rings. The van der Waals surface area contributed by atoms with Crippen molar-refractivity contribution >= 4 is 29.1 Å². The van der Waals surface area contributed by atoms with Gasteiger partial charge in [0.15, 0.2) is 5.78 Å². The Hall–Kier alpha value is -2.22. The summed E-state index contributed by atoms with van der Waals surface area (Å²) in [6, 6.07) is 8.47. The Morgan fingerprint density at radius 1 is 1.16 bits per heavy atom. The number of ketones is 1. The van der Waals surface area contributed by atoms with Gasteiger partial charge in [0.2, 0.25) is 0 Å². The van der Waals surface area contributed by atoms with Crippen LogP contribution in [0.2, 0.25) is 0 Å². The lowest BCUT2D eigenvalue weighted by Crippen LogP contribution is -2.54. The molecule has 5 rings (SSSR count). The Morgan fingerprint density at radius 2 is 1.95 bits per heavy atom. The molecule has 2 saturated carbocycles. The first-order valence-electron chi connectivity index (χ1n) is 13.8. The van der Waals surface area contributed by atoms with Crippen LogP contribution in [0, 0.1) is 17.3 Å². The van der Waals surface area contributed by atoms with Crippen LogP contribution in [0.25, 0.3) is 0 Å². The Balaban J connectivity index is 1.52. The van der Waals surface area contributed by atoms with E-state index in [9.17, 15) is 9.59 Å². The Kier molecular flexibility index (Phi) is 7.99. The molecule has 1 aromatic carbocycles. The van der Waals surface area contributed by atoms with E-state index in [1.807, 2.05) is 32.2 Å². The highest BCUT2D eigenvalue weighted by atomic mass is 32.2. The molecule has 0 radical (unpaired) electrons. The molecule has 4 aliphatic rings. The van der Waals surface area contributed by atoms with Crippen LogP contribution in [0.4, 0.5) is 4.79 Å². The first kappa shape index (κ1) is 27.4. The van der Waals surface area contributed by atoms with Crippen LogP contribution in [0.5, 0.6) is 0 Å². The summed E-state index contributed by atoms with van der Waals surface area (Å²) in [7, 11) is 3.63. The first-order chi connectivity index (χ1) is 18.4. The Bertz CT molecular complexity index is 1170. The minimum absolute atomic E-state index is 0.0197. The number of allylic oxidation sites excluding steroid dienone is 4. The minimum atomic E-state index is -0.397. The van der Waals surface area contributed by atoms with Crippen molar-refractivity contribution < 1.29 is 23.9 Å². The molecule has 0 amide bonds. The van der Waals surface area contributed by atoms with Gasteiger partial charge in [0.05, 0.1) is 18.4 Å². The number of ether oxygens (including phenoxy) is 2. The minimum Gasteiger partial charge on any atom is -0.382 e. The Labute approximate surface area is 230 Å². The molecule has 38 heavy (non-hydrogen) atoms. The number of carbonyl (C=O) groups excluding carboxylic acids is 2. The van der Waals surface area contributed by atoms with Crippen LogP contribution >= 0.6 is 11.8 Å². The molecule has 0 bridgehead atoms. The van der Waals surface area contributed by atoms with Gasteiger partial charge in [-0.1, -0.05) is 48.8 Å². The molecule has 0 aromatic heterocycles. The average molecular weight is 538 g/mol. The van der Waals surface area contributed by atoms with Gasteiger partial charge in [-0.2, -0.15) is 0 Å². The molecule has 7 heteroatoms. The van der Waals surface area contributed by atoms with Crippen molar-refractivity contribution in [3.05, 3.63) is 58.2 Å². The lowest BCUT2D eigenvalue weighted by Gasteiger charge is -2.55. The highest BCUT2D eigenvalue weighted by Gasteiger charge is 2.63. The standard InChI is InChI=1S/C31H39NO5S/c1-5-38-29(34)37-32-18-20-6-8-21(9-7-20)26-17-30(2)27(14-15-31(30,36-4)19-35-3)25-12-10-22-16-23(33)11-13-24(22)28(25)26/h6-9,16,18,25-27H,5,10-15,17,19H2,1-4H3/b32-18+/t25-,26+,27-,30-,31+/m0/s1. The zero-order valence-electron chi connectivity index (χ0n) is 23.0. The van der Waals surface area contributed by atoms with Crippen molar-refractivity contribution in [2.24, 2.45) is 22.4 Å². The fourth-order valence-corrected chi connectivity index (χ4v) is 8.32. The third kappa shape index (κ3) is 4.71. The number of thioether (sulfide) groups is 1. The molecule has 204 valence electrons. The molecule has 4 aliphatic carbocycles. The summed E-state index contributed by atoms with van der Waals surface area (Å²) in [5.41, 5.74) is 6.12. The van der Waals surface area contributed by atoms with Crippen molar-refractivity contribution in [1.29, 1.82) is 0 Å². The number of hydrogen-bond acceptors (Lipinski definition) is 7. The number of rotatable bonds is 7. The van der Waals surface area contributed by atoms with Crippen LogP contribution in [0.15, 0.2) is 52.2 Å². The number of oxime groups is 1. The molecule has 0 unspecified atom stereocenters. The zero-order chi connectivity index (χ0) is 26.9. The highest BCUT2D eigenvalue weighted by molar-refractivity contribution is 8.13. The SMILES string of the molecule is CCSC(=O)O/N=C/c1ccc([C@H]2C[C@@]3(C)[C@@H](CC[C@]3(COC)OC)[C@@H]3CCC4=CC(=O)CCC4=C32)cc1. The second-order valence-corrected chi connectivity index (χ2v) is 12.5. The molecular formula is C31H39NO5S.